The molecule has 0 amide bonds. The molecule has 1 fully saturated rings. The Morgan fingerprint density at radius 1 is 1.23 bits per heavy atom. The van der Waals surface area contributed by atoms with Gasteiger partial charge in [-0.15, -0.1) is 0 Å². The Hall–Kier alpha value is -2.39. The minimum atomic E-state index is -0.0615. The van der Waals surface area contributed by atoms with Gasteiger partial charge >= 0.3 is 6.01 Å². The van der Waals surface area contributed by atoms with Gasteiger partial charge in [0.15, 0.2) is 0 Å². The Balaban J connectivity index is 1.69. The molecule has 3 heterocycles. The monoisotopic (exact) mass is 364 g/mol. The molecule has 0 aromatic carbocycles. The van der Waals surface area contributed by atoms with Gasteiger partial charge in [-0.3, -0.25) is 0 Å². The molecule has 9 heteroatoms. The average Bonchev–Trinajstić information content (AvgIpc) is 2.98. The van der Waals surface area contributed by atoms with E-state index in [1.165, 1.54) is 7.11 Å². The maximum Gasteiger partial charge on any atom is 0.321 e. The number of rotatable bonds is 7. The first-order chi connectivity index (χ1) is 12.6. The van der Waals surface area contributed by atoms with Crippen LogP contribution in [0.2, 0.25) is 0 Å². The minimum absolute atomic E-state index is 0.0376. The molecule has 142 valence electrons. The molecular weight excluding hydrogens is 340 g/mol. The fraction of sp³-hybridized carbons (Fsp3) is 0.588. The lowest BCUT2D eigenvalue weighted by atomic mass is 10.1. The normalized spacial score (nSPS) is 20.0. The van der Waals surface area contributed by atoms with E-state index >= 15 is 0 Å². The van der Waals surface area contributed by atoms with E-state index in [0.717, 1.165) is 23.4 Å². The summed E-state index contributed by atoms with van der Waals surface area (Å²) in [6.07, 6.45) is 0.741. The zero-order chi connectivity index (χ0) is 18.5. The molecule has 0 aliphatic carbocycles. The van der Waals surface area contributed by atoms with Crippen LogP contribution in [0.4, 0.5) is 5.82 Å². The van der Waals surface area contributed by atoms with E-state index in [1.54, 1.807) is 13.2 Å². The number of nitrogens with zero attached hydrogens (tertiary/aromatic N) is 3. The topological polar surface area (TPSA) is 101 Å². The van der Waals surface area contributed by atoms with Crippen molar-refractivity contribution >= 4 is 5.82 Å². The SMILES string of the molecule is COc1cc(N[C@@H]2COCC[C@@H]2OCc2c(C)noc2C)nc(OC)n1. The lowest BCUT2D eigenvalue weighted by Gasteiger charge is -2.32. The summed E-state index contributed by atoms with van der Waals surface area (Å²) in [7, 11) is 3.06. The van der Waals surface area contributed by atoms with Crippen LogP contribution in [-0.4, -0.2) is 54.7 Å². The van der Waals surface area contributed by atoms with Gasteiger partial charge in [0, 0.05) is 18.2 Å². The van der Waals surface area contributed by atoms with E-state index < -0.39 is 0 Å². The van der Waals surface area contributed by atoms with Gasteiger partial charge in [0.25, 0.3) is 0 Å². The molecule has 2 aromatic heterocycles. The molecule has 2 atom stereocenters. The third kappa shape index (κ3) is 4.23. The van der Waals surface area contributed by atoms with Gasteiger partial charge in [0.05, 0.1) is 45.3 Å². The minimum Gasteiger partial charge on any atom is -0.481 e. The molecular formula is C17H24N4O5. The van der Waals surface area contributed by atoms with Crippen molar-refractivity contribution in [3.63, 3.8) is 0 Å². The molecule has 1 saturated heterocycles. The second-order valence-corrected chi connectivity index (χ2v) is 6.05. The van der Waals surface area contributed by atoms with Gasteiger partial charge < -0.3 is 28.8 Å². The van der Waals surface area contributed by atoms with E-state index in [2.05, 4.69) is 20.4 Å². The third-order valence-electron chi connectivity index (χ3n) is 4.32. The van der Waals surface area contributed by atoms with Crippen LogP contribution in [0.3, 0.4) is 0 Å². The smallest absolute Gasteiger partial charge is 0.321 e. The van der Waals surface area contributed by atoms with Crippen LogP contribution >= 0.6 is 0 Å². The lowest BCUT2D eigenvalue weighted by Crippen LogP contribution is -2.44. The number of aromatic nitrogens is 3. The van der Waals surface area contributed by atoms with Crippen molar-refractivity contribution in [3.05, 3.63) is 23.1 Å². The van der Waals surface area contributed by atoms with Gasteiger partial charge in [0.1, 0.15) is 11.6 Å². The van der Waals surface area contributed by atoms with Crippen LogP contribution in [0.5, 0.6) is 11.9 Å². The number of hydrogen-bond donors (Lipinski definition) is 1. The summed E-state index contributed by atoms with van der Waals surface area (Å²) in [6.45, 7) is 5.41. The molecule has 0 radical (unpaired) electrons. The summed E-state index contributed by atoms with van der Waals surface area (Å²) in [5.41, 5.74) is 1.84. The van der Waals surface area contributed by atoms with Crippen molar-refractivity contribution in [1.82, 2.24) is 15.1 Å². The van der Waals surface area contributed by atoms with E-state index in [9.17, 15) is 0 Å². The van der Waals surface area contributed by atoms with E-state index in [1.807, 2.05) is 13.8 Å². The van der Waals surface area contributed by atoms with E-state index in [0.29, 0.717) is 31.5 Å². The van der Waals surface area contributed by atoms with Crippen LogP contribution in [0, 0.1) is 13.8 Å². The molecule has 1 N–H and O–H groups in total. The maximum absolute atomic E-state index is 6.14. The molecule has 0 spiro atoms. The van der Waals surface area contributed by atoms with Crippen LogP contribution in [0.25, 0.3) is 0 Å². The standard InChI is InChI=1S/C17H24N4O5/c1-10-12(11(2)26-21-10)8-25-14-5-6-24-9-13(14)18-15-7-16(22-3)20-17(19-15)23-4/h7,13-14H,5-6,8-9H2,1-4H3,(H,18,19,20)/t13-,14+/m1/s1. The highest BCUT2D eigenvalue weighted by Gasteiger charge is 2.28. The van der Waals surface area contributed by atoms with Crippen molar-refractivity contribution < 1.29 is 23.5 Å². The van der Waals surface area contributed by atoms with Crippen LogP contribution in [0.15, 0.2) is 10.6 Å². The maximum atomic E-state index is 6.14. The van der Waals surface area contributed by atoms with Crippen molar-refractivity contribution in [2.45, 2.75) is 39.0 Å². The summed E-state index contributed by atoms with van der Waals surface area (Å²) >= 11 is 0. The Morgan fingerprint density at radius 2 is 2.08 bits per heavy atom. The van der Waals surface area contributed by atoms with E-state index in [4.69, 9.17) is 23.5 Å². The van der Waals surface area contributed by atoms with Crippen molar-refractivity contribution in [1.29, 1.82) is 0 Å². The van der Waals surface area contributed by atoms with Crippen LogP contribution in [0.1, 0.15) is 23.4 Å². The second kappa shape index (κ2) is 8.33. The molecule has 3 rings (SSSR count). The average molecular weight is 364 g/mol. The quantitative estimate of drug-likeness (QED) is 0.789. The molecule has 0 bridgehead atoms. The fourth-order valence-electron chi connectivity index (χ4n) is 2.81. The largest absolute Gasteiger partial charge is 0.481 e. The van der Waals surface area contributed by atoms with E-state index in [-0.39, 0.29) is 18.2 Å². The molecule has 2 aromatic rings. The van der Waals surface area contributed by atoms with Crippen LogP contribution in [-0.2, 0) is 16.1 Å². The number of aryl methyl sites for hydroxylation is 2. The zero-order valence-corrected chi connectivity index (χ0v) is 15.4. The fourth-order valence-corrected chi connectivity index (χ4v) is 2.81. The molecule has 1 aliphatic heterocycles. The second-order valence-electron chi connectivity index (χ2n) is 6.05. The zero-order valence-electron chi connectivity index (χ0n) is 15.4. The predicted molar refractivity (Wildman–Crippen MR) is 92.5 cm³/mol. The number of anilines is 1. The molecule has 0 unspecified atom stereocenters. The first-order valence-electron chi connectivity index (χ1n) is 8.45. The van der Waals surface area contributed by atoms with Crippen LogP contribution < -0.4 is 14.8 Å². The summed E-state index contributed by atoms with van der Waals surface area (Å²) < 4.78 is 27.2. The Kier molecular flexibility index (Phi) is 5.89. The number of ether oxygens (including phenoxy) is 4. The summed E-state index contributed by atoms with van der Waals surface area (Å²) in [5.74, 6) is 1.80. The summed E-state index contributed by atoms with van der Waals surface area (Å²) in [5, 5.41) is 7.30. The number of nitrogens with one attached hydrogen (secondary N) is 1. The highest BCUT2D eigenvalue weighted by atomic mass is 16.5. The van der Waals surface area contributed by atoms with Gasteiger partial charge in [-0.1, -0.05) is 5.16 Å². The Bertz CT molecular complexity index is 694. The van der Waals surface area contributed by atoms with Gasteiger partial charge in [0.2, 0.25) is 5.88 Å². The first kappa shape index (κ1) is 18.4. The molecule has 1 aliphatic rings. The highest BCUT2D eigenvalue weighted by molar-refractivity contribution is 5.41. The number of methoxy groups -OCH3 is 2. The first-order valence-corrected chi connectivity index (χ1v) is 8.45. The van der Waals surface area contributed by atoms with Gasteiger partial charge in [-0.25, -0.2) is 0 Å². The van der Waals surface area contributed by atoms with Gasteiger partial charge in [-0.05, 0) is 20.3 Å². The molecule has 9 nitrogen and oxygen atoms in total. The lowest BCUT2D eigenvalue weighted by molar-refractivity contribution is -0.0482. The van der Waals surface area contributed by atoms with Crippen molar-refractivity contribution in [3.8, 4) is 11.9 Å². The summed E-state index contributed by atoms with van der Waals surface area (Å²) in [6, 6.07) is 1.88. The van der Waals surface area contributed by atoms with Gasteiger partial charge in [-0.2, -0.15) is 9.97 Å². The Morgan fingerprint density at radius 3 is 2.77 bits per heavy atom. The predicted octanol–water partition coefficient (Wildman–Crippen LogP) is 1.88. The third-order valence-corrected chi connectivity index (χ3v) is 4.32. The Labute approximate surface area is 152 Å². The van der Waals surface area contributed by atoms with Crippen molar-refractivity contribution in [2.75, 3.05) is 32.8 Å². The van der Waals surface area contributed by atoms with Crippen molar-refractivity contribution in [2.24, 2.45) is 0 Å². The molecule has 0 saturated carbocycles. The highest BCUT2D eigenvalue weighted by Crippen LogP contribution is 2.23. The molecule has 26 heavy (non-hydrogen) atoms. The summed E-state index contributed by atoms with van der Waals surface area (Å²) in [4.78, 5) is 8.40. The number of hydrogen-bond acceptors (Lipinski definition) is 9.